The molecule has 0 radical (unpaired) electrons. The highest BCUT2D eigenvalue weighted by atomic mass is 16.6. The number of carbonyl (C=O) groups is 1. The van der Waals surface area contributed by atoms with Crippen molar-refractivity contribution in [3.05, 3.63) is 38.4 Å². The molecule has 0 aliphatic rings. The second kappa shape index (κ2) is 7.67. The van der Waals surface area contributed by atoms with Gasteiger partial charge in [-0.15, -0.1) is 0 Å². The molecule has 0 aliphatic heterocycles. The van der Waals surface area contributed by atoms with Gasteiger partial charge >= 0.3 is 11.7 Å². The second-order valence-corrected chi connectivity index (χ2v) is 4.29. The number of non-ortho nitro benzene ring substituents is 1. The van der Waals surface area contributed by atoms with E-state index in [1.165, 1.54) is 0 Å². The molecule has 0 spiro atoms. The minimum Gasteiger partial charge on any atom is -0.477 e. The van der Waals surface area contributed by atoms with Gasteiger partial charge in [-0.2, -0.15) is 5.10 Å². The Balaban J connectivity index is 3.08. The fraction of sp³-hybridized carbons (Fsp3) is 0.333. The van der Waals surface area contributed by atoms with Gasteiger partial charge in [0.25, 0.3) is 5.69 Å². The number of hydrogen-bond acceptors (Lipinski definition) is 7. The lowest BCUT2D eigenvalue weighted by molar-refractivity contribution is -0.393. The Kier molecular flexibility index (Phi) is 5.93. The maximum Gasteiger partial charge on any atom is 0.352 e. The molecule has 1 aromatic carbocycles. The lowest BCUT2D eigenvalue weighted by Crippen LogP contribution is -2.15. The summed E-state index contributed by atoms with van der Waals surface area (Å²) in [6.45, 7) is 1.88. The Bertz CT molecular complexity index is 628. The molecule has 22 heavy (non-hydrogen) atoms. The molecule has 0 saturated heterocycles. The number of nitrogens with one attached hydrogen (secondary N) is 1. The van der Waals surface area contributed by atoms with Crippen molar-refractivity contribution in [1.29, 1.82) is 0 Å². The van der Waals surface area contributed by atoms with Gasteiger partial charge in [0.15, 0.2) is 0 Å². The Morgan fingerprint density at radius 3 is 2.50 bits per heavy atom. The Morgan fingerprint density at radius 1 is 1.32 bits per heavy atom. The van der Waals surface area contributed by atoms with E-state index in [1.807, 2.05) is 6.92 Å². The lowest BCUT2D eigenvalue weighted by Gasteiger charge is -2.04. The first kappa shape index (κ1) is 17.0. The van der Waals surface area contributed by atoms with Gasteiger partial charge in [-0.05, 0) is 18.9 Å². The minimum absolute atomic E-state index is 0.120. The highest BCUT2D eigenvalue weighted by Crippen LogP contribution is 2.28. The standard InChI is InChI=1S/C12H14N4O6/c1-2-3-4-10(12(17)18)14-13-9-6-5-8(15(19)20)7-11(9)16(21)22/h5-7,13H,2-4H2,1H3,(H,17,18). The van der Waals surface area contributed by atoms with E-state index < -0.39 is 27.2 Å². The van der Waals surface area contributed by atoms with Crippen LogP contribution in [-0.2, 0) is 4.79 Å². The van der Waals surface area contributed by atoms with E-state index >= 15 is 0 Å². The molecule has 0 aromatic heterocycles. The Hall–Kier alpha value is -3.04. The van der Waals surface area contributed by atoms with Crippen molar-refractivity contribution < 1.29 is 19.7 Å². The van der Waals surface area contributed by atoms with E-state index in [-0.39, 0.29) is 17.8 Å². The first-order valence-corrected chi connectivity index (χ1v) is 6.35. The first-order valence-electron chi connectivity index (χ1n) is 6.35. The zero-order chi connectivity index (χ0) is 16.7. The number of nitro benzene ring substituents is 2. The molecular weight excluding hydrogens is 296 g/mol. The van der Waals surface area contributed by atoms with Crippen LogP contribution in [0.15, 0.2) is 23.3 Å². The van der Waals surface area contributed by atoms with Crippen molar-refractivity contribution in [2.75, 3.05) is 5.43 Å². The van der Waals surface area contributed by atoms with Crippen molar-refractivity contribution in [2.45, 2.75) is 26.2 Å². The topological polar surface area (TPSA) is 148 Å². The third-order valence-corrected chi connectivity index (χ3v) is 2.71. The van der Waals surface area contributed by atoms with Crippen LogP contribution < -0.4 is 5.43 Å². The predicted molar refractivity (Wildman–Crippen MR) is 78.0 cm³/mol. The highest BCUT2D eigenvalue weighted by molar-refractivity contribution is 6.35. The summed E-state index contributed by atoms with van der Waals surface area (Å²) in [6.07, 6.45) is 1.58. The third-order valence-electron chi connectivity index (χ3n) is 2.71. The van der Waals surface area contributed by atoms with Crippen LogP contribution in [0.1, 0.15) is 26.2 Å². The summed E-state index contributed by atoms with van der Waals surface area (Å²) >= 11 is 0. The maximum atomic E-state index is 11.0. The van der Waals surface area contributed by atoms with E-state index in [4.69, 9.17) is 5.11 Å². The lowest BCUT2D eigenvalue weighted by atomic mass is 10.2. The molecule has 0 amide bonds. The Labute approximate surface area is 124 Å². The van der Waals surface area contributed by atoms with Gasteiger partial charge in [0.05, 0.1) is 15.9 Å². The van der Waals surface area contributed by atoms with E-state index in [0.29, 0.717) is 6.42 Å². The van der Waals surface area contributed by atoms with Gasteiger partial charge in [0.1, 0.15) is 11.4 Å². The van der Waals surface area contributed by atoms with Crippen LogP contribution >= 0.6 is 0 Å². The molecule has 118 valence electrons. The van der Waals surface area contributed by atoms with Gasteiger partial charge in [0, 0.05) is 6.07 Å². The zero-order valence-electron chi connectivity index (χ0n) is 11.7. The number of hydrazone groups is 1. The van der Waals surface area contributed by atoms with Gasteiger partial charge in [-0.1, -0.05) is 13.3 Å². The fourth-order valence-electron chi connectivity index (χ4n) is 1.56. The first-order chi connectivity index (χ1) is 10.4. The monoisotopic (exact) mass is 310 g/mol. The Morgan fingerprint density at radius 2 is 2.00 bits per heavy atom. The number of carboxylic acids is 1. The molecule has 0 saturated carbocycles. The van der Waals surface area contributed by atoms with E-state index in [0.717, 1.165) is 24.6 Å². The van der Waals surface area contributed by atoms with Crippen LogP contribution in [0.25, 0.3) is 0 Å². The van der Waals surface area contributed by atoms with E-state index in [1.54, 1.807) is 0 Å². The largest absolute Gasteiger partial charge is 0.477 e. The van der Waals surface area contributed by atoms with Crippen LogP contribution in [0.5, 0.6) is 0 Å². The predicted octanol–water partition coefficient (Wildman–Crippen LogP) is 2.55. The van der Waals surface area contributed by atoms with Crippen LogP contribution in [0.3, 0.4) is 0 Å². The average molecular weight is 310 g/mol. The summed E-state index contributed by atoms with van der Waals surface area (Å²) in [7, 11) is 0. The molecule has 1 aromatic rings. The average Bonchev–Trinajstić information content (AvgIpc) is 2.46. The normalized spacial score (nSPS) is 11.0. The number of nitro groups is 2. The number of carboxylic acid groups (broad SMARTS) is 1. The fourth-order valence-corrected chi connectivity index (χ4v) is 1.56. The van der Waals surface area contributed by atoms with Gasteiger partial charge in [0.2, 0.25) is 0 Å². The molecular formula is C12H14N4O6. The summed E-state index contributed by atoms with van der Waals surface area (Å²) < 4.78 is 0. The molecule has 10 nitrogen and oxygen atoms in total. The number of nitrogens with zero attached hydrogens (tertiary/aromatic N) is 3. The van der Waals surface area contributed by atoms with Crippen molar-refractivity contribution in [3.8, 4) is 0 Å². The van der Waals surface area contributed by atoms with E-state index in [9.17, 15) is 25.0 Å². The number of benzene rings is 1. The zero-order valence-corrected chi connectivity index (χ0v) is 11.7. The third kappa shape index (κ3) is 4.51. The highest BCUT2D eigenvalue weighted by Gasteiger charge is 2.19. The number of aliphatic carboxylic acids is 1. The molecule has 2 N–H and O–H groups in total. The summed E-state index contributed by atoms with van der Waals surface area (Å²) in [5.41, 5.74) is 1.01. The van der Waals surface area contributed by atoms with Crippen LogP contribution in [0.4, 0.5) is 17.1 Å². The molecule has 0 fully saturated rings. The van der Waals surface area contributed by atoms with Crippen molar-refractivity contribution in [2.24, 2.45) is 5.10 Å². The van der Waals surface area contributed by atoms with Gasteiger partial charge in [-0.3, -0.25) is 25.7 Å². The van der Waals surface area contributed by atoms with Gasteiger partial charge in [-0.25, -0.2) is 4.79 Å². The molecule has 1 rings (SSSR count). The SMILES string of the molecule is CCCCC(=NNc1ccc([N+](=O)[O-])cc1[N+](=O)[O-])C(=O)O. The van der Waals surface area contributed by atoms with Crippen molar-refractivity contribution >= 4 is 28.7 Å². The molecule has 0 heterocycles. The van der Waals surface area contributed by atoms with Crippen LogP contribution in [-0.4, -0.2) is 26.6 Å². The quantitative estimate of drug-likeness (QED) is 0.425. The van der Waals surface area contributed by atoms with Crippen molar-refractivity contribution in [3.63, 3.8) is 0 Å². The molecule has 0 aliphatic carbocycles. The van der Waals surface area contributed by atoms with Crippen molar-refractivity contribution in [1.82, 2.24) is 0 Å². The summed E-state index contributed by atoms with van der Waals surface area (Å²) in [4.78, 5) is 31.0. The smallest absolute Gasteiger partial charge is 0.352 e. The van der Waals surface area contributed by atoms with E-state index in [2.05, 4.69) is 10.5 Å². The molecule has 0 bridgehead atoms. The second-order valence-electron chi connectivity index (χ2n) is 4.29. The molecule has 0 atom stereocenters. The molecule has 0 unspecified atom stereocenters. The summed E-state index contributed by atoms with van der Waals surface area (Å²) in [5, 5.41) is 34.2. The number of hydrogen-bond donors (Lipinski definition) is 2. The number of unbranched alkanes of at least 4 members (excludes halogenated alkanes) is 1. The van der Waals surface area contributed by atoms with Crippen LogP contribution in [0.2, 0.25) is 0 Å². The number of rotatable bonds is 8. The van der Waals surface area contributed by atoms with Crippen LogP contribution in [0, 0.1) is 20.2 Å². The maximum absolute atomic E-state index is 11.0. The number of anilines is 1. The minimum atomic E-state index is -1.23. The summed E-state index contributed by atoms with van der Waals surface area (Å²) in [6, 6.07) is 2.96. The summed E-state index contributed by atoms with van der Waals surface area (Å²) in [5.74, 6) is -1.23. The van der Waals surface area contributed by atoms with Gasteiger partial charge < -0.3 is 5.11 Å². The molecule has 10 heteroatoms.